The highest BCUT2D eigenvalue weighted by Gasteiger charge is 2.36. The molecule has 9 nitrogen and oxygen atoms in total. The van der Waals surface area contributed by atoms with Crippen molar-refractivity contribution < 1.29 is 24.2 Å². The van der Waals surface area contributed by atoms with E-state index < -0.39 is 48.7 Å². The topological polar surface area (TPSA) is 132 Å². The lowest BCUT2D eigenvalue weighted by Gasteiger charge is -2.32. The molecule has 0 saturated heterocycles. The molecule has 2 unspecified atom stereocenters. The van der Waals surface area contributed by atoms with E-state index in [1.807, 2.05) is 25.1 Å². The van der Waals surface area contributed by atoms with Crippen molar-refractivity contribution in [3.05, 3.63) is 35.4 Å². The fourth-order valence-electron chi connectivity index (χ4n) is 2.98. The number of aliphatic hydroxyl groups is 1. The lowest BCUT2D eigenvalue weighted by Crippen LogP contribution is -2.54. The number of rotatable bonds is 9. The van der Waals surface area contributed by atoms with Crippen LogP contribution in [0, 0.1) is 11.3 Å². The van der Waals surface area contributed by atoms with Crippen LogP contribution in [0.5, 0.6) is 0 Å². The average Bonchev–Trinajstić information content (AvgIpc) is 2.69. The van der Waals surface area contributed by atoms with Gasteiger partial charge in [-0.3, -0.25) is 9.59 Å². The number of ether oxygens (including phenoxy) is 1. The first-order chi connectivity index (χ1) is 14.9. The number of alkyl carbamates (subject to hydrolysis) is 1. The minimum atomic E-state index is -1.39. The van der Waals surface area contributed by atoms with Crippen LogP contribution in [0.4, 0.5) is 4.79 Å². The molecule has 0 spiro atoms. The average molecular weight is 447 g/mol. The Morgan fingerprint density at radius 2 is 1.75 bits per heavy atom. The van der Waals surface area contributed by atoms with Crippen molar-refractivity contribution in [1.82, 2.24) is 15.5 Å². The SMILES string of the molecule is CCc1ccc(C(C(=O)NC(C)C)N(CC#N)C(=O)C(CO)NC(=O)OC(C)(C)C)cc1. The van der Waals surface area contributed by atoms with Crippen LogP contribution in [0.3, 0.4) is 0 Å². The summed E-state index contributed by atoms with van der Waals surface area (Å²) in [4.78, 5) is 39.5. The van der Waals surface area contributed by atoms with Gasteiger partial charge in [0.1, 0.15) is 24.2 Å². The second kappa shape index (κ2) is 12.1. The molecule has 3 amide bonds. The highest BCUT2D eigenvalue weighted by Crippen LogP contribution is 2.23. The zero-order valence-electron chi connectivity index (χ0n) is 19.6. The highest BCUT2D eigenvalue weighted by molar-refractivity contribution is 5.92. The van der Waals surface area contributed by atoms with Crippen molar-refractivity contribution in [3.8, 4) is 6.07 Å². The third kappa shape index (κ3) is 8.19. The molecule has 0 aliphatic carbocycles. The monoisotopic (exact) mass is 446 g/mol. The van der Waals surface area contributed by atoms with E-state index in [2.05, 4.69) is 10.6 Å². The Hall–Kier alpha value is -3.12. The summed E-state index contributed by atoms with van der Waals surface area (Å²) in [6.45, 7) is 9.41. The number of aliphatic hydroxyl groups excluding tert-OH is 1. The van der Waals surface area contributed by atoms with Crippen LogP contribution in [-0.4, -0.2) is 58.8 Å². The summed E-state index contributed by atoms with van der Waals surface area (Å²) in [5.74, 6) is -1.25. The van der Waals surface area contributed by atoms with Crippen molar-refractivity contribution in [2.75, 3.05) is 13.2 Å². The quantitative estimate of drug-likeness (QED) is 0.498. The number of aryl methyl sites for hydroxylation is 1. The smallest absolute Gasteiger partial charge is 0.408 e. The molecule has 32 heavy (non-hydrogen) atoms. The fraction of sp³-hybridized carbons (Fsp3) is 0.565. The summed E-state index contributed by atoms with van der Waals surface area (Å²) in [6, 6.07) is 6.36. The maximum absolute atomic E-state index is 13.3. The van der Waals surface area contributed by atoms with E-state index in [1.165, 1.54) is 0 Å². The highest BCUT2D eigenvalue weighted by atomic mass is 16.6. The number of hydrogen-bond donors (Lipinski definition) is 3. The van der Waals surface area contributed by atoms with Gasteiger partial charge in [0.2, 0.25) is 11.8 Å². The normalized spacial score (nSPS) is 13.0. The van der Waals surface area contributed by atoms with E-state index in [0.717, 1.165) is 16.9 Å². The largest absolute Gasteiger partial charge is 0.444 e. The second-order valence-electron chi connectivity index (χ2n) is 8.67. The summed E-state index contributed by atoms with van der Waals surface area (Å²) < 4.78 is 5.15. The number of carbonyl (C=O) groups excluding carboxylic acids is 3. The van der Waals surface area contributed by atoms with Crippen LogP contribution in [-0.2, 0) is 20.7 Å². The van der Waals surface area contributed by atoms with Gasteiger partial charge in [-0.15, -0.1) is 0 Å². The number of nitriles is 1. The van der Waals surface area contributed by atoms with E-state index in [0.29, 0.717) is 5.56 Å². The first-order valence-electron chi connectivity index (χ1n) is 10.6. The van der Waals surface area contributed by atoms with Crippen molar-refractivity contribution in [1.29, 1.82) is 5.26 Å². The molecule has 0 radical (unpaired) electrons. The predicted octanol–water partition coefficient (Wildman–Crippen LogP) is 2.05. The first kappa shape index (κ1) is 26.9. The Bertz CT molecular complexity index is 824. The molecular formula is C23H34N4O5. The van der Waals surface area contributed by atoms with Gasteiger partial charge in [-0.25, -0.2) is 4.79 Å². The van der Waals surface area contributed by atoms with E-state index >= 15 is 0 Å². The van der Waals surface area contributed by atoms with Gasteiger partial charge in [0.05, 0.1) is 12.7 Å². The zero-order chi connectivity index (χ0) is 24.5. The maximum Gasteiger partial charge on any atom is 0.408 e. The van der Waals surface area contributed by atoms with Crippen molar-refractivity contribution in [2.24, 2.45) is 0 Å². The number of hydrogen-bond acceptors (Lipinski definition) is 6. The summed E-state index contributed by atoms with van der Waals surface area (Å²) in [6.07, 6.45) is -0.0894. The van der Waals surface area contributed by atoms with Crippen LogP contribution < -0.4 is 10.6 Å². The van der Waals surface area contributed by atoms with Crippen molar-refractivity contribution in [2.45, 2.75) is 71.7 Å². The minimum absolute atomic E-state index is 0.201. The molecule has 0 fully saturated rings. The molecule has 0 heterocycles. The Morgan fingerprint density at radius 3 is 2.19 bits per heavy atom. The number of nitrogens with zero attached hydrogens (tertiary/aromatic N) is 2. The van der Waals surface area contributed by atoms with Crippen LogP contribution >= 0.6 is 0 Å². The van der Waals surface area contributed by atoms with Gasteiger partial charge in [-0.05, 0) is 52.2 Å². The number of nitrogens with one attached hydrogen (secondary N) is 2. The zero-order valence-corrected chi connectivity index (χ0v) is 19.6. The van der Waals surface area contributed by atoms with Gasteiger partial charge in [-0.1, -0.05) is 31.2 Å². The Kier molecular flexibility index (Phi) is 10.1. The van der Waals surface area contributed by atoms with E-state index in [4.69, 9.17) is 4.74 Å². The first-order valence-corrected chi connectivity index (χ1v) is 10.6. The predicted molar refractivity (Wildman–Crippen MR) is 119 cm³/mol. The summed E-state index contributed by atoms with van der Waals surface area (Å²) in [7, 11) is 0. The van der Waals surface area contributed by atoms with Gasteiger partial charge in [0, 0.05) is 6.04 Å². The number of amides is 3. The van der Waals surface area contributed by atoms with Crippen LogP contribution in [0.15, 0.2) is 24.3 Å². The van der Waals surface area contributed by atoms with Crippen LogP contribution in [0.2, 0.25) is 0 Å². The molecule has 1 aromatic carbocycles. The van der Waals surface area contributed by atoms with Gasteiger partial charge >= 0.3 is 6.09 Å². The molecule has 0 aliphatic heterocycles. The molecule has 2 atom stereocenters. The molecule has 3 N–H and O–H groups in total. The third-order valence-electron chi connectivity index (χ3n) is 4.39. The van der Waals surface area contributed by atoms with E-state index in [-0.39, 0.29) is 6.04 Å². The Morgan fingerprint density at radius 1 is 1.16 bits per heavy atom. The van der Waals surface area contributed by atoms with E-state index in [1.54, 1.807) is 46.8 Å². The van der Waals surface area contributed by atoms with Gasteiger partial charge < -0.3 is 25.4 Å². The fourth-order valence-corrected chi connectivity index (χ4v) is 2.98. The summed E-state index contributed by atoms with van der Waals surface area (Å²) in [5.41, 5.74) is 0.757. The summed E-state index contributed by atoms with van der Waals surface area (Å²) >= 11 is 0. The molecule has 0 saturated carbocycles. The lowest BCUT2D eigenvalue weighted by atomic mass is 10.0. The van der Waals surface area contributed by atoms with Gasteiger partial charge in [0.25, 0.3) is 0 Å². The molecular weight excluding hydrogens is 412 g/mol. The summed E-state index contributed by atoms with van der Waals surface area (Å²) in [5, 5.41) is 24.2. The van der Waals surface area contributed by atoms with E-state index in [9.17, 15) is 24.8 Å². The van der Waals surface area contributed by atoms with Crippen LogP contribution in [0.1, 0.15) is 58.7 Å². The number of carbonyl (C=O) groups is 3. The molecule has 9 heteroatoms. The van der Waals surface area contributed by atoms with Crippen molar-refractivity contribution >= 4 is 17.9 Å². The maximum atomic E-state index is 13.3. The Balaban J connectivity index is 3.32. The lowest BCUT2D eigenvalue weighted by molar-refractivity contribution is -0.142. The molecule has 0 aliphatic rings. The standard InChI is InChI=1S/C23H34N4O5/c1-7-16-8-10-17(11-9-16)19(20(29)25-15(2)3)27(13-12-24)21(30)18(14-28)26-22(31)32-23(4,5)6/h8-11,15,18-19,28H,7,13-14H2,1-6H3,(H,25,29)(H,26,31). The molecule has 1 rings (SSSR count). The van der Waals surface area contributed by atoms with Crippen molar-refractivity contribution in [3.63, 3.8) is 0 Å². The van der Waals surface area contributed by atoms with Gasteiger partial charge in [-0.2, -0.15) is 5.26 Å². The molecule has 0 aromatic heterocycles. The Labute approximate surface area is 189 Å². The number of benzene rings is 1. The molecule has 1 aromatic rings. The molecule has 0 bridgehead atoms. The molecule has 176 valence electrons. The third-order valence-corrected chi connectivity index (χ3v) is 4.39. The second-order valence-corrected chi connectivity index (χ2v) is 8.67. The van der Waals surface area contributed by atoms with Crippen LogP contribution in [0.25, 0.3) is 0 Å². The minimum Gasteiger partial charge on any atom is -0.444 e. The van der Waals surface area contributed by atoms with Gasteiger partial charge in [0.15, 0.2) is 0 Å².